The fourth-order valence-electron chi connectivity index (χ4n) is 4.60. The van der Waals surface area contributed by atoms with Gasteiger partial charge in [0, 0.05) is 23.9 Å². The molecule has 0 aliphatic carbocycles. The van der Waals surface area contributed by atoms with Crippen molar-refractivity contribution < 1.29 is 39.5 Å². The summed E-state index contributed by atoms with van der Waals surface area (Å²) in [5, 5.41) is 20.7. The lowest BCUT2D eigenvalue weighted by atomic mass is 10.1. The van der Waals surface area contributed by atoms with Crippen LogP contribution in [-0.4, -0.2) is 67.2 Å². The summed E-state index contributed by atoms with van der Waals surface area (Å²) in [5.41, 5.74) is -0.932. The lowest BCUT2D eigenvalue weighted by Gasteiger charge is -2.21. The molecule has 1 heterocycles. The van der Waals surface area contributed by atoms with E-state index in [-0.39, 0.29) is 38.5 Å². The zero-order valence-electron chi connectivity index (χ0n) is 24.6. The quantitative estimate of drug-likeness (QED) is 0.143. The van der Waals surface area contributed by atoms with E-state index in [0.29, 0.717) is 12.2 Å². The Balaban J connectivity index is 1.75. The highest BCUT2D eigenvalue weighted by atomic mass is 35.5. The first-order valence-electron chi connectivity index (χ1n) is 13.4. The van der Waals surface area contributed by atoms with Crippen molar-refractivity contribution in [1.29, 1.82) is 0 Å². The minimum absolute atomic E-state index is 0.0974. The van der Waals surface area contributed by atoms with Crippen LogP contribution >= 0.6 is 11.6 Å². The van der Waals surface area contributed by atoms with E-state index in [2.05, 4.69) is 30.5 Å². The zero-order chi connectivity index (χ0) is 35.0. The second-order valence-electron chi connectivity index (χ2n) is 9.92. The summed E-state index contributed by atoms with van der Waals surface area (Å²) in [6, 6.07) is 16.5. The molecule has 0 aliphatic rings. The van der Waals surface area contributed by atoms with E-state index in [1.165, 1.54) is 12.1 Å². The van der Waals surface area contributed by atoms with Gasteiger partial charge >= 0.3 is 0 Å². The molecule has 0 fully saturated rings. The molecule has 0 radical (unpaired) electrons. The van der Waals surface area contributed by atoms with Crippen LogP contribution < -0.4 is 10.2 Å². The Morgan fingerprint density at radius 2 is 1.50 bits per heavy atom. The first-order chi connectivity index (χ1) is 22.5. The third kappa shape index (κ3) is 7.35. The Kier molecular flexibility index (Phi) is 9.37. The van der Waals surface area contributed by atoms with Crippen LogP contribution in [-0.2, 0) is 30.1 Å². The Labute approximate surface area is 279 Å². The second kappa shape index (κ2) is 13.0. The maximum atomic E-state index is 12.6. The van der Waals surface area contributed by atoms with Crippen molar-refractivity contribution >= 4 is 87.1 Å². The SMILES string of the molecule is CCN(c1ccccc1)c1nc(Cl)nc(Nc2cc(S(C)(=O)=O)cc3cc(S(=O)(=O)[O-])c(N=Nc4ccccc4S(=O)(=O)[O-])c(O)c23)n1. The molecule has 0 bridgehead atoms. The first-order valence-corrected chi connectivity index (χ1v) is 18.5. The number of benzene rings is 4. The summed E-state index contributed by atoms with van der Waals surface area (Å²) in [7, 11) is -14.5. The predicted octanol–water partition coefficient (Wildman–Crippen LogP) is 4.91. The number of para-hydroxylation sites is 1. The average molecular weight is 732 g/mol. The van der Waals surface area contributed by atoms with E-state index in [9.17, 15) is 39.5 Å². The number of nitrogens with one attached hydrogen (secondary N) is 1. The number of hydrogen-bond donors (Lipinski definition) is 2. The van der Waals surface area contributed by atoms with Gasteiger partial charge in [-0.3, -0.25) is 0 Å². The van der Waals surface area contributed by atoms with Gasteiger partial charge in [-0.15, -0.1) is 10.2 Å². The number of aromatic nitrogens is 3. The van der Waals surface area contributed by atoms with Crippen LogP contribution in [0.3, 0.4) is 0 Å². The summed E-state index contributed by atoms with van der Waals surface area (Å²) >= 11 is 6.23. The Hall–Kier alpha value is -4.79. The van der Waals surface area contributed by atoms with Crippen LogP contribution in [0.15, 0.2) is 97.7 Å². The number of azo groups is 1. The number of sulfone groups is 1. The van der Waals surface area contributed by atoms with Gasteiger partial charge in [0.2, 0.25) is 17.2 Å². The van der Waals surface area contributed by atoms with Crippen LogP contribution in [0.4, 0.5) is 34.6 Å². The first kappa shape index (κ1) is 34.5. The molecule has 0 amide bonds. The van der Waals surface area contributed by atoms with Crippen molar-refractivity contribution in [2.75, 3.05) is 23.0 Å². The van der Waals surface area contributed by atoms with Crippen LogP contribution in [0.1, 0.15) is 6.92 Å². The topological polar surface area (TPSA) is 247 Å². The zero-order valence-corrected chi connectivity index (χ0v) is 27.8. The van der Waals surface area contributed by atoms with E-state index in [4.69, 9.17) is 11.6 Å². The van der Waals surface area contributed by atoms with Gasteiger partial charge in [0.25, 0.3) is 0 Å². The van der Waals surface area contributed by atoms with Gasteiger partial charge in [0.15, 0.2) is 15.6 Å². The standard InChI is InChI=1S/C28H24ClN7O9S3/c1-3-36(17-9-5-4-6-10-17)28-32-26(29)31-27(33-28)30-20-15-18(46(2,38)39)13-16-14-22(48(43,44)45)24(25(37)23(16)20)35-34-19-11-7-8-12-21(19)47(40,41)42/h4-15,37H,3H2,1-2H3,(H,40,41,42)(H,43,44,45)(H,30,31,32,33)/p-2. The number of nitrogens with zero attached hydrogens (tertiary/aromatic N) is 6. The fraction of sp³-hybridized carbons (Fsp3) is 0.107. The summed E-state index contributed by atoms with van der Waals surface area (Å²) < 4.78 is 97.4. The van der Waals surface area contributed by atoms with Gasteiger partial charge in [0.05, 0.1) is 20.4 Å². The number of halogens is 1. The summed E-state index contributed by atoms with van der Waals surface area (Å²) in [6.07, 6.45) is 0.879. The molecule has 16 nitrogen and oxygen atoms in total. The van der Waals surface area contributed by atoms with Crippen molar-refractivity contribution in [3.63, 3.8) is 0 Å². The van der Waals surface area contributed by atoms with E-state index >= 15 is 0 Å². The molecule has 0 atom stereocenters. The third-order valence-electron chi connectivity index (χ3n) is 6.68. The third-order valence-corrected chi connectivity index (χ3v) is 9.68. The number of rotatable bonds is 10. The van der Waals surface area contributed by atoms with Crippen LogP contribution in [0.25, 0.3) is 10.8 Å². The highest BCUT2D eigenvalue weighted by Crippen LogP contribution is 2.46. The molecule has 5 aromatic rings. The normalized spacial score (nSPS) is 12.4. The Bertz CT molecular complexity index is 2430. The molecule has 20 heteroatoms. The molecular formula is C28H22ClN7O9S3-2. The monoisotopic (exact) mass is 731 g/mol. The van der Waals surface area contributed by atoms with Crippen molar-refractivity contribution in [3.05, 3.63) is 78.1 Å². The van der Waals surface area contributed by atoms with E-state index < -0.39 is 57.0 Å². The van der Waals surface area contributed by atoms with Crippen molar-refractivity contribution in [3.8, 4) is 5.75 Å². The molecule has 0 aliphatic heterocycles. The highest BCUT2D eigenvalue weighted by Gasteiger charge is 2.24. The number of phenols is 1. The largest absolute Gasteiger partial charge is 0.744 e. The molecule has 2 N–H and O–H groups in total. The predicted molar refractivity (Wildman–Crippen MR) is 173 cm³/mol. The Morgan fingerprint density at radius 3 is 2.12 bits per heavy atom. The summed E-state index contributed by atoms with van der Waals surface area (Å²) in [6.45, 7) is 2.23. The molecule has 1 aromatic heterocycles. The fourth-order valence-corrected chi connectivity index (χ4v) is 6.68. The number of fused-ring (bicyclic) bond motifs is 1. The van der Waals surface area contributed by atoms with Crippen LogP contribution in [0.5, 0.6) is 5.75 Å². The smallest absolute Gasteiger partial charge is 0.236 e. The maximum absolute atomic E-state index is 12.6. The molecule has 250 valence electrons. The van der Waals surface area contributed by atoms with Gasteiger partial charge in [-0.2, -0.15) is 15.0 Å². The maximum Gasteiger partial charge on any atom is 0.236 e. The minimum atomic E-state index is -5.43. The lowest BCUT2D eigenvalue weighted by molar-refractivity contribution is 0.458. The molecule has 0 unspecified atom stereocenters. The highest BCUT2D eigenvalue weighted by molar-refractivity contribution is 7.90. The van der Waals surface area contributed by atoms with Crippen LogP contribution in [0, 0.1) is 0 Å². The lowest BCUT2D eigenvalue weighted by Crippen LogP contribution is -2.19. The van der Waals surface area contributed by atoms with Crippen molar-refractivity contribution in [2.24, 2.45) is 10.2 Å². The number of phenolic OH excluding ortho intramolecular Hbond substituents is 1. The molecule has 4 aromatic carbocycles. The molecule has 5 rings (SSSR count). The number of anilines is 4. The van der Waals surface area contributed by atoms with Crippen LogP contribution in [0.2, 0.25) is 5.28 Å². The molecule has 0 saturated heterocycles. The summed E-state index contributed by atoms with van der Waals surface area (Å²) in [4.78, 5) is 12.1. The second-order valence-corrected chi connectivity index (χ2v) is 15.0. The van der Waals surface area contributed by atoms with E-state index in [1.54, 1.807) is 29.2 Å². The van der Waals surface area contributed by atoms with Crippen molar-refractivity contribution in [1.82, 2.24) is 15.0 Å². The molecule has 0 saturated carbocycles. The number of aromatic hydroxyl groups is 1. The van der Waals surface area contributed by atoms with Gasteiger partial charge in [-0.05, 0) is 66.4 Å². The van der Waals surface area contributed by atoms with Crippen molar-refractivity contribution in [2.45, 2.75) is 21.6 Å². The van der Waals surface area contributed by atoms with E-state index in [0.717, 1.165) is 36.6 Å². The molecule has 48 heavy (non-hydrogen) atoms. The van der Waals surface area contributed by atoms with E-state index in [1.807, 2.05) is 13.0 Å². The van der Waals surface area contributed by atoms with Gasteiger partial charge in [-0.1, -0.05) is 30.3 Å². The van der Waals surface area contributed by atoms with Gasteiger partial charge < -0.3 is 24.4 Å². The molecule has 0 spiro atoms. The van der Waals surface area contributed by atoms with Gasteiger partial charge in [-0.25, -0.2) is 25.3 Å². The molecular weight excluding hydrogens is 710 g/mol. The number of hydrogen-bond acceptors (Lipinski definition) is 16. The minimum Gasteiger partial charge on any atom is -0.744 e. The average Bonchev–Trinajstić information content (AvgIpc) is 2.99. The Morgan fingerprint density at radius 1 is 0.854 bits per heavy atom. The summed E-state index contributed by atoms with van der Waals surface area (Å²) in [5.74, 6) is -1.10. The van der Waals surface area contributed by atoms with Gasteiger partial charge in [0.1, 0.15) is 31.6 Å².